The summed E-state index contributed by atoms with van der Waals surface area (Å²) < 4.78 is 0. The Morgan fingerprint density at radius 3 is 2.67 bits per heavy atom. The third-order valence-electron chi connectivity index (χ3n) is 3.08. The van der Waals surface area contributed by atoms with Crippen molar-refractivity contribution in [2.75, 3.05) is 5.32 Å². The molecule has 1 heterocycles. The fourth-order valence-electron chi connectivity index (χ4n) is 1.89. The minimum atomic E-state index is -0.262. The highest BCUT2D eigenvalue weighted by Gasteiger charge is 2.11. The van der Waals surface area contributed by atoms with Gasteiger partial charge in [0.1, 0.15) is 5.01 Å². The smallest absolute Gasteiger partial charge is 0.321 e. The molecule has 1 aromatic carbocycles. The van der Waals surface area contributed by atoms with Gasteiger partial charge in [-0.05, 0) is 25.8 Å². The van der Waals surface area contributed by atoms with Crippen molar-refractivity contribution in [1.29, 1.82) is 0 Å². The molecule has 0 saturated heterocycles. The summed E-state index contributed by atoms with van der Waals surface area (Å²) in [5, 5.41) is 15.1. The molecule has 6 heteroatoms. The predicted molar refractivity (Wildman–Crippen MR) is 85.7 cm³/mol. The standard InChI is InChI=1S/C15H20N4OS/c1-4-5-13-18-19-15(21-13)17-14(20)16-11(3)12-8-6-10(2)7-9-12/h6-9,11H,4-5H2,1-3H3,(H2,16,17,19,20). The molecule has 0 saturated carbocycles. The predicted octanol–water partition coefficient (Wildman–Crippen LogP) is 3.68. The van der Waals surface area contributed by atoms with Gasteiger partial charge in [0.15, 0.2) is 0 Å². The van der Waals surface area contributed by atoms with Crippen molar-refractivity contribution in [1.82, 2.24) is 15.5 Å². The quantitative estimate of drug-likeness (QED) is 0.885. The number of nitrogens with zero attached hydrogens (tertiary/aromatic N) is 2. The molecule has 2 rings (SSSR count). The van der Waals surface area contributed by atoms with E-state index in [4.69, 9.17) is 0 Å². The SMILES string of the molecule is CCCc1nnc(NC(=O)NC(C)c2ccc(C)cc2)s1. The lowest BCUT2D eigenvalue weighted by molar-refractivity contribution is 0.249. The van der Waals surface area contributed by atoms with E-state index < -0.39 is 0 Å². The highest BCUT2D eigenvalue weighted by atomic mass is 32.1. The van der Waals surface area contributed by atoms with Gasteiger partial charge in [-0.3, -0.25) is 5.32 Å². The van der Waals surface area contributed by atoms with E-state index in [9.17, 15) is 4.79 Å². The molecule has 112 valence electrons. The van der Waals surface area contributed by atoms with E-state index in [0.717, 1.165) is 23.4 Å². The Labute approximate surface area is 128 Å². The summed E-state index contributed by atoms with van der Waals surface area (Å²) in [7, 11) is 0. The highest BCUT2D eigenvalue weighted by Crippen LogP contribution is 2.17. The summed E-state index contributed by atoms with van der Waals surface area (Å²) >= 11 is 1.42. The van der Waals surface area contributed by atoms with Gasteiger partial charge < -0.3 is 5.32 Å². The molecule has 0 aliphatic heterocycles. The van der Waals surface area contributed by atoms with Crippen LogP contribution < -0.4 is 10.6 Å². The van der Waals surface area contributed by atoms with Gasteiger partial charge in [0, 0.05) is 6.42 Å². The molecule has 0 aliphatic rings. The Morgan fingerprint density at radius 2 is 2.00 bits per heavy atom. The van der Waals surface area contributed by atoms with Crippen molar-refractivity contribution in [2.24, 2.45) is 0 Å². The molecule has 1 atom stereocenters. The summed E-state index contributed by atoms with van der Waals surface area (Å²) in [6.07, 6.45) is 1.91. The number of nitrogens with one attached hydrogen (secondary N) is 2. The average Bonchev–Trinajstić information content (AvgIpc) is 2.87. The van der Waals surface area contributed by atoms with E-state index in [1.165, 1.54) is 16.9 Å². The van der Waals surface area contributed by atoms with Crippen molar-refractivity contribution >= 4 is 22.5 Å². The van der Waals surface area contributed by atoms with Crippen molar-refractivity contribution in [3.63, 3.8) is 0 Å². The maximum Gasteiger partial charge on any atom is 0.321 e. The lowest BCUT2D eigenvalue weighted by Gasteiger charge is -2.14. The second-order valence-electron chi connectivity index (χ2n) is 4.98. The zero-order valence-corrected chi connectivity index (χ0v) is 13.3. The summed E-state index contributed by atoms with van der Waals surface area (Å²) in [6, 6.07) is 7.78. The molecule has 2 N–H and O–H groups in total. The Balaban J connectivity index is 1.89. The zero-order valence-electron chi connectivity index (χ0n) is 12.5. The Hall–Kier alpha value is -1.95. The summed E-state index contributed by atoms with van der Waals surface area (Å²) in [5.41, 5.74) is 2.27. The number of amides is 2. The number of carbonyl (C=O) groups is 1. The normalized spacial score (nSPS) is 12.0. The molecule has 1 aromatic heterocycles. The van der Waals surface area contributed by atoms with E-state index >= 15 is 0 Å². The van der Waals surface area contributed by atoms with E-state index in [1.807, 2.05) is 38.1 Å². The lowest BCUT2D eigenvalue weighted by atomic mass is 10.1. The summed E-state index contributed by atoms with van der Waals surface area (Å²) in [6.45, 7) is 6.08. The third-order valence-corrected chi connectivity index (χ3v) is 3.97. The molecule has 0 spiro atoms. The van der Waals surface area contributed by atoms with Crippen LogP contribution in [0.2, 0.25) is 0 Å². The molecule has 0 bridgehead atoms. The molecule has 2 amide bonds. The van der Waals surface area contributed by atoms with E-state index in [1.54, 1.807) is 0 Å². The van der Waals surface area contributed by atoms with Gasteiger partial charge in [-0.1, -0.05) is 48.1 Å². The zero-order chi connectivity index (χ0) is 15.2. The maximum absolute atomic E-state index is 11.9. The molecule has 0 aliphatic carbocycles. The number of benzene rings is 1. The van der Waals surface area contributed by atoms with Gasteiger partial charge >= 0.3 is 6.03 Å². The van der Waals surface area contributed by atoms with Crippen molar-refractivity contribution in [2.45, 2.75) is 39.7 Å². The topological polar surface area (TPSA) is 66.9 Å². The van der Waals surface area contributed by atoms with Crippen molar-refractivity contribution in [3.8, 4) is 0 Å². The molecular weight excluding hydrogens is 284 g/mol. The van der Waals surface area contributed by atoms with Crippen LogP contribution in [0.1, 0.15) is 42.4 Å². The maximum atomic E-state index is 11.9. The first kappa shape index (κ1) is 15.4. The van der Waals surface area contributed by atoms with Crippen LogP contribution in [0, 0.1) is 6.92 Å². The van der Waals surface area contributed by atoms with Gasteiger partial charge in [0.05, 0.1) is 6.04 Å². The first-order valence-corrected chi connectivity index (χ1v) is 7.86. The largest absolute Gasteiger partial charge is 0.331 e. The van der Waals surface area contributed by atoms with Gasteiger partial charge in [-0.15, -0.1) is 10.2 Å². The lowest BCUT2D eigenvalue weighted by Crippen LogP contribution is -2.31. The van der Waals surface area contributed by atoms with Crippen LogP contribution in [0.25, 0.3) is 0 Å². The Kier molecular flexibility index (Phi) is 5.27. The first-order chi connectivity index (χ1) is 10.1. The number of urea groups is 1. The molecule has 5 nitrogen and oxygen atoms in total. The van der Waals surface area contributed by atoms with Crippen molar-refractivity contribution < 1.29 is 4.79 Å². The number of hydrogen-bond acceptors (Lipinski definition) is 4. The average molecular weight is 304 g/mol. The van der Waals surface area contributed by atoms with Crippen LogP contribution in [0.5, 0.6) is 0 Å². The minimum absolute atomic E-state index is 0.0615. The van der Waals surface area contributed by atoms with Crippen LogP contribution >= 0.6 is 11.3 Å². The third kappa shape index (κ3) is 4.53. The van der Waals surface area contributed by atoms with Crippen LogP contribution in [0.15, 0.2) is 24.3 Å². The fraction of sp³-hybridized carbons (Fsp3) is 0.400. The number of hydrogen-bond donors (Lipinski definition) is 2. The van der Waals surface area contributed by atoms with Crippen molar-refractivity contribution in [3.05, 3.63) is 40.4 Å². The van der Waals surface area contributed by atoms with Gasteiger partial charge in [0.2, 0.25) is 5.13 Å². The van der Waals surface area contributed by atoms with Crippen LogP contribution in [-0.2, 0) is 6.42 Å². The number of rotatable bonds is 5. The van der Waals surface area contributed by atoms with E-state index in [2.05, 4.69) is 27.8 Å². The number of anilines is 1. The summed E-state index contributed by atoms with van der Waals surface area (Å²) in [5.74, 6) is 0. The molecule has 1 unspecified atom stereocenters. The first-order valence-electron chi connectivity index (χ1n) is 7.05. The van der Waals surface area contributed by atoms with Crippen LogP contribution in [0.4, 0.5) is 9.93 Å². The number of aryl methyl sites for hydroxylation is 2. The van der Waals surface area contributed by atoms with E-state index in [0.29, 0.717) is 5.13 Å². The van der Waals surface area contributed by atoms with Crippen LogP contribution in [-0.4, -0.2) is 16.2 Å². The second-order valence-corrected chi connectivity index (χ2v) is 6.04. The monoisotopic (exact) mass is 304 g/mol. The second kappa shape index (κ2) is 7.17. The Morgan fingerprint density at radius 1 is 1.29 bits per heavy atom. The van der Waals surface area contributed by atoms with E-state index in [-0.39, 0.29) is 12.1 Å². The van der Waals surface area contributed by atoms with Gasteiger partial charge in [-0.2, -0.15) is 0 Å². The Bertz CT molecular complexity index is 594. The molecule has 0 radical (unpaired) electrons. The fourth-order valence-corrected chi connectivity index (χ4v) is 2.72. The minimum Gasteiger partial charge on any atom is -0.331 e. The van der Waals surface area contributed by atoms with Crippen LogP contribution in [0.3, 0.4) is 0 Å². The van der Waals surface area contributed by atoms with Gasteiger partial charge in [0.25, 0.3) is 0 Å². The summed E-state index contributed by atoms with van der Waals surface area (Å²) in [4.78, 5) is 11.9. The highest BCUT2D eigenvalue weighted by molar-refractivity contribution is 7.15. The van der Waals surface area contributed by atoms with Gasteiger partial charge in [-0.25, -0.2) is 4.79 Å². The number of aromatic nitrogens is 2. The molecular formula is C15H20N4OS. The molecule has 2 aromatic rings. The molecule has 21 heavy (non-hydrogen) atoms. The molecule has 0 fully saturated rings. The number of carbonyl (C=O) groups excluding carboxylic acids is 1.